The monoisotopic (exact) mass is 470 g/mol. The van der Waals surface area contributed by atoms with E-state index in [9.17, 15) is 4.79 Å². The quantitative estimate of drug-likeness (QED) is 0.647. The van der Waals surface area contributed by atoms with Crippen molar-refractivity contribution in [1.82, 2.24) is 10.2 Å². The highest BCUT2D eigenvalue weighted by Gasteiger charge is 2.32. The summed E-state index contributed by atoms with van der Waals surface area (Å²) in [6, 6.07) is 1.57. The maximum atomic E-state index is 13.1. The summed E-state index contributed by atoms with van der Waals surface area (Å²) in [5.74, 6) is 1.05. The van der Waals surface area contributed by atoms with Crippen LogP contribution in [0.1, 0.15) is 23.2 Å². The first-order chi connectivity index (χ1) is 15.6. The highest BCUT2D eigenvalue weighted by atomic mass is 35.5. The Morgan fingerprint density at radius 2 is 1.94 bits per heavy atom. The molecule has 4 rings (SSSR count). The number of nitrogens with zero attached hydrogens (tertiary/aromatic N) is 1. The number of likely N-dealkylation sites (tertiary alicyclic amines) is 1. The second-order valence-corrected chi connectivity index (χ2v) is 8.52. The van der Waals surface area contributed by atoms with E-state index in [1.807, 2.05) is 0 Å². The standard InChI is InChI=1S/C22H31ClN2O7/c1-27-17-12-25(13-18-29-8-9-30-18)5-4-14(17)11-24-22(26)15-10-16(23)20(28-2)21-19(15)31-6-3-7-32-21/h10,14,17-18H,3-9,11-13H2,1-2H3,(H,24,26)/t14-,17?/m0/s1. The number of hydrogen-bond acceptors (Lipinski definition) is 8. The number of carbonyl (C=O) groups is 1. The third kappa shape index (κ3) is 5.23. The van der Waals surface area contributed by atoms with Crippen molar-refractivity contribution in [1.29, 1.82) is 0 Å². The molecule has 0 saturated carbocycles. The molecular formula is C22H31ClN2O7. The van der Waals surface area contributed by atoms with E-state index < -0.39 is 0 Å². The fourth-order valence-corrected chi connectivity index (χ4v) is 4.64. The summed E-state index contributed by atoms with van der Waals surface area (Å²) in [5.41, 5.74) is 0.342. The van der Waals surface area contributed by atoms with E-state index >= 15 is 0 Å². The third-order valence-electron chi connectivity index (χ3n) is 6.08. The highest BCUT2D eigenvalue weighted by molar-refractivity contribution is 6.33. The number of fused-ring (bicyclic) bond motifs is 1. The van der Waals surface area contributed by atoms with Crippen molar-refractivity contribution >= 4 is 17.5 Å². The minimum atomic E-state index is -0.263. The van der Waals surface area contributed by atoms with Gasteiger partial charge in [0.15, 0.2) is 17.8 Å². The van der Waals surface area contributed by atoms with Crippen LogP contribution in [0.5, 0.6) is 17.2 Å². The van der Waals surface area contributed by atoms with Crippen LogP contribution in [0.3, 0.4) is 0 Å². The third-order valence-corrected chi connectivity index (χ3v) is 6.36. The molecule has 178 valence electrons. The molecule has 2 fully saturated rings. The fraction of sp³-hybridized carbons (Fsp3) is 0.682. The largest absolute Gasteiger partial charge is 0.491 e. The van der Waals surface area contributed by atoms with Gasteiger partial charge in [-0.1, -0.05) is 11.6 Å². The molecule has 1 unspecified atom stereocenters. The molecule has 32 heavy (non-hydrogen) atoms. The maximum Gasteiger partial charge on any atom is 0.255 e. The molecule has 3 heterocycles. The number of ether oxygens (including phenoxy) is 6. The van der Waals surface area contributed by atoms with Gasteiger partial charge in [0.2, 0.25) is 5.75 Å². The zero-order chi connectivity index (χ0) is 22.5. The predicted molar refractivity (Wildman–Crippen MR) is 117 cm³/mol. The van der Waals surface area contributed by atoms with Gasteiger partial charge in [-0.15, -0.1) is 0 Å². The van der Waals surface area contributed by atoms with Gasteiger partial charge in [0.1, 0.15) is 0 Å². The first kappa shape index (κ1) is 23.4. The van der Waals surface area contributed by atoms with Crippen molar-refractivity contribution in [3.05, 3.63) is 16.7 Å². The zero-order valence-corrected chi connectivity index (χ0v) is 19.3. The Morgan fingerprint density at radius 1 is 1.19 bits per heavy atom. The molecule has 0 bridgehead atoms. The number of nitrogens with one attached hydrogen (secondary N) is 1. The molecule has 9 nitrogen and oxygen atoms in total. The van der Waals surface area contributed by atoms with Gasteiger partial charge < -0.3 is 33.7 Å². The lowest BCUT2D eigenvalue weighted by Crippen LogP contribution is -2.50. The Bertz CT molecular complexity index is 803. The van der Waals surface area contributed by atoms with Crippen LogP contribution in [0, 0.1) is 5.92 Å². The second kappa shape index (κ2) is 10.9. The van der Waals surface area contributed by atoms with Crippen molar-refractivity contribution in [2.75, 3.05) is 66.8 Å². The van der Waals surface area contributed by atoms with Crippen LogP contribution in [-0.4, -0.2) is 90.0 Å². The Labute approximate surface area is 193 Å². The van der Waals surface area contributed by atoms with Gasteiger partial charge in [0.05, 0.1) is 50.2 Å². The van der Waals surface area contributed by atoms with Gasteiger partial charge >= 0.3 is 0 Å². The molecule has 1 N–H and O–H groups in total. The first-order valence-electron chi connectivity index (χ1n) is 11.0. The molecule has 3 aliphatic heterocycles. The number of carbonyl (C=O) groups excluding carboxylic acids is 1. The molecule has 2 atom stereocenters. The number of rotatable bonds is 7. The number of benzene rings is 1. The van der Waals surface area contributed by atoms with Crippen LogP contribution in [-0.2, 0) is 14.2 Å². The number of amides is 1. The van der Waals surface area contributed by atoms with E-state index in [4.69, 9.17) is 40.0 Å². The first-order valence-corrected chi connectivity index (χ1v) is 11.4. The second-order valence-electron chi connectivity index (χ2n) is 8.11. The van der Waals surface area contributed by atoms with E-state index in [0.29, 0.717) is 67.2 Å². The summed E-state index contributed by atoms with van der Waals surface area (Å²) >= 11 is 6.36. The maximum absolute atomic E-state index is 13.1. The summed E-state index contributed by atoms with van der Waals surface area (Å²) in [4.78, 5) is 15.4. The van der Waals surface area contributed by atoms with E-state index in [2.05, 4.69) is 10.2 Å². The van der Waals surface area contributed by atoms with Crippen LogP contribution in [0.25, 0.3) is 0 Å². The van der Waals surface area contributed by atoms with Crippen LogP contribution in [0.4, 0.5) is 0 Å². The van der Waals surface area contributed by atoms with Crippen molar-refractivity contribution in [3.8, 4) is 17.2 Å². The lowest BCUT2D eigenvalue weighted by atomic mass is 9.93. The molecule has 0 aliphatic carbocycles. The number of halogens is 1. The van der Waals surface area contributed by atoms with Gasteiger partial charge in [-0.25, -0.2) is 0 Å². The number of piperidine rings is 1. The van der Waals surface area contributed by atoms with Crippen LogP contribution in [0.2, 0.25) is 5.02 Å². The lowest BCUT2D eigenvalue weighted by Gasteiger charge is -2.38. The minimum absolute atomic E-state index is 0.00149. The molecule has 10 heteroatoms. The number of methoxy groups -OCH3 is 2. The molecule has 1 amide bonds. The molecule has 2 saturated heterocycles. The average molecular weight is 471 g/mol. The number of hydrogen-bond donors (Lipinski definition) is 1. The summed E-state index contributed by atoms with van der Waals surface area (Å²) in [6.45, 7) is 5.09. The van der Waals surface area contributed by atoms with Gasteiger partial charge in [0.25, 0.3) is 5.91 Å². The van der Waals surface area contributed by atoms with E-state index in [1.54, 1.807) is 13.2 Å². The Kier molecular flexibility index (Phi) is 7.96. The van der Waals surface area contributed by atoms with Crippen molar-refractivity contribution < 1.29 is 33.2 Å². The SMILES string of the molecule is COc1c(Cl)cc(C(=O)NC[C@@H]2CCN(CC3OCCO3)CC2OC)c2c1OCCCO2. The van der Waals surface area contributed by atoms with Crippen molar-refractivity contribution in [2.45, 2.75) is 25.2 Å². The zero-order valence-electron chi connectivity index (χ0n) is 18.6. The predicted octanol–water partition coefficient (Wildman–Crippen LogP) is 1.95. The molecular weight excluding hydrogens is 440 g/mol. The summed E-state index contributed by atoms with van der Waals surface area (Å²) < 4.78 is 33.8. The van der Waals surface area contributed by atoms with E-state index in [-0.39, 0.29) is 24.2 Å². The van der Waals surface area contributed by atoms with Crippen molar-refractivity contribution in [3.63, 3.8) is 0 Å². The molecule has 0 spiro atoms. The van der Waals surface area contributed by atoms with E-state index in [1.165, 1.54) is 7.11 Å². The minimum Gasteiger partial charge on any atom is -0.491 e. The Morgan fingerprint density at radius 3 is 2.66 bits per heavy atom. The Balaban J connectivity index is 1.39. The van der Waals surface area contributed by atoms with Gasteiger partial charge in [0, 0.05) is 39.1 Å². The smallest absolute Gasteiger partial charge is 0.255 e. The average Bonchev–Trinajstić information content (AvgIpc) is 3.19. The van der Waals surface area contributed by atoms with E-state index in [0.717, 1.165) is 26.1 Å². The summed E-state index contributed by atoms with van der Waals surface area (Å²) in [6.07, 6.45) is 1.44. The topological polar surface area (TPSA) is 87.7 Å². The fourth-order valence-electron chi connectivity index (χ4n) is 4.37. The van der Waals surface area contributed by atoms with Gasteiger partial charge in [-0.05, 0) is 19.0 Å². The molecule has 1 aromatic carbocycles. The van der Waals surface area contributed by atoms with Crippen LogP contribution in [0.15, 0.2) is 6.07 Å². The molecule has 3 aliphatic rings. The Hall–Kier alpha value is -1.78. The normalized spacial score (nSPS) is 24.2. The summed E-state index contributed by atoms with van der Waals surface area (Å²) in [5, 5.41) is 3.34. The molecule has 0 aromatic heterocycles. The molecule has 0 radical (unpaired) electrons. The van der Waals surface area contributed by atoms with Gasteiger partial charge in [-0.2, -0.15) is 0 Å². The van der Waals surface area contributed by atoms with Crippen molar-refractivity contribution in [2.24, 2.45) is 5.92 Å². The molecule has 1 aromatic rings. The van der Waals surface area contributed by atoms with Crippen LogP contribution >= 0.6 is 11.6 Å². The lowest BCUT2D eigenvalue weighted by molar-refractivity contribution is -0.0830. The van der Waals surface area contributed by atoms with Crippen LogP contribution < -0.4 is 19.5 Å². The highest BCUT2D eigenvalue weighted by Crippen LogP contribution is 2.46. The summed E-state index contributed by atoms with van der Waals surface area (Å²) in [7, 11) is 3.22. The van der Waals surface area contributed by atoms with Gasteiger partial charge in [-0.3, -0.25) is 9.69 Å².